The molecule has 0 aromatic heterocycles. The van der Waals surface area contributed by atoms with Crippen LogP contribution in [0.25, 0.3) is 0 Å². The van der Waals surface area contributed by atoms with Crippen molar-refractivity contribution >= 4 is 17.9 Å². The van der Waals surface area contributed by atoms with Crippen LogP contribution in [0.15, 0.2) is 47.5 Å². The standard InChI is InChI=1S/C26H38N6O/c1-21-16-22(2)18-24(17-21)26(33)30(3)10-6-7-11-31-12-14-32(15-13-31)25-9-5-4-8-23(25)19-28-20-29-27/h4-5,8-9,16-18,20H,6-7,10-15,19,27H2,1-3H3,(H,28,29). The van der Waals surface area contributed by atoms with E-state index in [2.05, 4.69) is 50.5 Å². The molecule has 0 aliphatic carbocycles. The van der Waals surface area contributed by atoms with Gasteiger partial charge < -0.3 is 15.2 Å². The molecule has 3 N–H and O–H groups in total. The summed E-state index contributed by atoms with van der Waals surface area (Å²) in [7, 11) is 1.91. The monoisotopic (exact) mass is 450 g/mol. The average molecular weight is 451 g/mol. The van der Waals surface area contributed by atoms with Crippen molar-refractivity contribution < 1.29 is 4.79 Å². The van der Waals surface area contributed by atoms with Gasteiger partial charge in [0, 0.05) is 51.0 Å². The van der Waals surface area contributed by atoms with Gasteiger partial charge in [-0.2, -0.15) is 0 Å². The number of benzene rings is 2. The molecule has 0 spiro atoms. The number of para-hydroxylation sites is 1. The van der Waals surface area contributed by atoms with Crippen LogP contribution in [0, 0.1) is 13.8 Å². The normalized spacial score (nSPS) is 14.6. The number of carbonyl (C=O) groups is 1. The molecule has 1 saturated heterocycles. The van der Waals surface area contributed by atoms with Crippen LogP contribution in [0.3, 0.4) is 0 Å². The van der Waals surface area contributed by atoms with E-state index in [1.54, 1.807) is 0 Å². The summed E-state index contributed by atoms with van der Waals surface area (Å²) in [6.07, 6.45) is 3.65. The van der Waals surface area contributed by atoms with Crippen LogP contribution in [0.2, 0.25) is 0 Å². The minimum Gasteiger partial charge on any atom is -0.369 e. The maximum Gasteiger partial charge on any atom is 0.253 e. The largest absolute Gasteiger partial charge is 0.369 e. The number of hydrogen-bond donors (Lipinski definition) is 2. The van der Waals surface area contributed by atoms with Gasteiger partial charge >= 0.3 is 0 Å². The summed E-state index contributed by atoms with van der Waals surface area (Å²) in [5.74, 6) is 5.38. The van der Waals surface area contributed by atoms with Crippen molar-refractivity contribution in [1.29, 1.82) is 0 Å². The van der Waals surface area contributed by atoms with Crippen LogP contribution < -0.4 is 16.2 Å². The van der Waals surface area contributed by atoms with Gasteiger partial charge in [-0.3, -0.25) is 14.7 Å². The van der Waals surface area contributed by atoms with Gasteiger partial charge in [0.25, 0.3) is 5.91 Å². The maximum atomic E-state index is 12.7. The second-order valence-corrected chi connectivity index (χ2v) is 8.90. The van der Waals surface area contributed by atoms with E-state index in [1.807, 2.05) is 37.9 Å². The second kappa shape index (κ2) is 12.4. The number of hydrogen-bond acceptors (Lipinski definition) is 5. The Morgan fingerprint density at radius 1 is 1.09 bits per heavy atom. The lowest BCUT2D eigenvalue weighted by atomic mass is 10.1. The zero-order valence-electron chi connectivity index (χ0n) is 20.3. The molecule has 1 amide bonds. The van der Waals surface area contributed by atoms with E-state index in [-0.39, 0.29) is 5.91 Å². The molecule has 1 aliphatic heterocycles. The van der Waals surface area contributed by atoms with E-state index in [0.29, 0.717) is 6.54 Å². The zero-order valence-corrected chi connectivity index (χ0v) is 20.3. The fourth-order valence-electron chi connectivity index (χ4n) is 4.47. The van der Waals surface area contributed by atoms with Crippen LogP contribution in [0.4, 0.5) is 5.69 Å². The summed E-state index contributed by atoms with van der Waals surface area (Å²) in [5, 5.41) is 0. The lowest BCUT2D eigenvalue weighted by Gasteiger charge is -2.37. The third-order valence-corrected chi connectivity index (χ3v) is 6.17. The van der Waals surface area contributed by atoms with Crippen LogP contribution in [0.5, 0.6) is 0 Å². The predicted octanol–water partition coefficient (Wildman–Crippen LogP) is 2.97. The smallest absolute Gasteiger partial charge is 0.253 e. The highest BCUT2D eigenvalue weighted by atomic mass is 16.2. The van der Waals surface area contributed by atoms with Gasteiger partial charge in [0.1, 0.15) is 0 Å². The molecule has 33 heavy (non-hydrogen) atoms. The van der Waals surface area contributed by atoms with Gasteiger partial charge in [0.2, 0.25) is 0 Å². The van der Waals surface area contributed by atoms with E-state index >= 15 is 0 Å². The summed E-state index contributed by atoms with van der Waals surface area (Å²) in [6.45, 7) is 10.7. The number of nitrogens with zero attached hydrogens (tertiary/aromatic N) is 4. The van der Waals surface area contributed by atoms with Crippen LogP contribution in [0.1, 0.15) is 39.9 Å². The molecule has 1 heterocycles. The number of aryl methyl sites for hydroxylation is 2. The molecule has 2 aromatic carbocycles. The Morgan fingerprint density at radius 3 is 2.48 bits per heavy atom. The van der Waals surface area contributed by atoms with E-state index in [1.165, 1.54) is 17.6 Å². The molecular weight excluding hydrogens is 412 g/mol. The van der Waals surface area contributed by atoms with E-state index in [9.17, 15) is 4.79 Å². The molecular formula is C26H38N6O. The molecule has 0 bridgehead atoms. The van der Waals surface area contributed by atoms with Crippen LogP contribution in [-0.2, 0) is 6.54 Å². The highest BCUT2D eigenvalue weighted by molar-refractivity contribution is 5.94. The first-order valence-corrected chi connectivity index (χ1v) is 11.8. The Hall–Kier alpha value is -2.90. The summed E-state index contributed by atoms with van der Waals surface area (Å²) in [6, 6.07) is 14.5. The fraction of sp³-hybridized carbons (Fsp3) is 0.462. The minimum atomic E-state index is 0.112. The van der Waals surface area contributed by atoms with Crippen LogP contribution in [-0.4, -0.2) is 68.4 Å². The van der Waals surface area contributed by atoms with Crippen molar-refractivity contribution in [1.82, 2.24) is 15.2 Å². The zero-order chi connectivity index (χ0) is 23.6. The number of amides is 1. The van der Waals surface area contributed by atoms with Crippen molar-refractivity contribution in [2.24, 2.45) is 10.8 Å². The predicted molar refractivity (Wildman–Crippen MR) is 137 cm³/mol. The van der Waals surface area contributed by atoms with Crippen molar-refractivity contribution in [3.8, 4) is 0 Å². The number of hydrazine groups is 1. The molecule has 1 fully saturated rings. The quantitative estimate of drug-likeness (QED) is 0.191. The Labute approximate surface area is 198 Å². The Balaban J connectivity index is 1.40. The highest BCUT2D eigenvalue weighted by Crippen LogP contribution is 2.22. The number of rotatable bonds is 10. The lowest BCUT2D eigenvalue weighted by Crippen LogP contribution is -2.47. The van der Waals surface area contributed by atoms with E-state index < -0.39 is 0 Å². The minimum absolute atomic E-state index is 0.112. The highest BCUT2D eigenvalue weighted by Gasteiger charge is 2.19. The number of carbonyl (C=O) groups excluding carboxylic acids is 1. The maximum absolute atomic E-state index is 12.7. The number of nitrogens with one attached hydrogen (secondary N) is 1. The van der Waals surface area contributed by atoms with Crippen LogP contribution >= 0.6 is 0 Å². The van der Waals surface area contributed by atoms with Gasteiger partial charge in [0.15, 0.2) is 0 Å². The first-order chi connectivity index (χ1) is 16.0. The van der Waals surface area contributed by atoms with Crippen molar-refractivity contribution in [2.75, 3.05) is 51.2 Å². The lowest BCUT2D eigenvalue weighted by molar-refractivity contribution is 0.0791. The van der Waals surface area contributed by atoms with Gasteiger partial charge in [-0.1, -0.05) is 35.4 Å². The number of aliphatic imine (C=N–C) groups is 1. The van der Waals surface area contributed by atoms with Crippen molar-refractivity contribution in [2.45, 2.75) is 33.2 Å². The first-order valence-electron chi connectivity index (χ1n) is 11.8. The molecule has 3 rings (SSSR count). The second-order valence-electron chi connectivity index (χ2n) is 8.90. The third-order valence-electron chi connectivity index (χ3n) is 6.17. The molecule has 1 aliphatic rings. The fourth-order valence-corrected chi connectivity index (χ4v) is 4.47. The molecule has 0 unspecified atom stereocenters. The molecule has 7 heteroatoms. The Kier molecular flexibility index (Phi) is 9.27. The number of anilines is 1. The van der Waals surface area contributed by atoms with Gasteiger partial charge in [-0.25, -0.2) is 5.84 Å². The Morgan fingerprint density at radius 2 is 1.79 bits per heavy atom. The molecule has 0 atom stereocenters. The molecule has 0 saturated carbocycles. The third kappa shape index (κ3) is 7.30. The van der Waals surface area contributed by atoms with Gasteiger partial charge in [-0.05, 0) is 57.0 Å². The van der Waals surface area contributed by atoms with E-state index in [0.717, 1.165) is 68.8 Å². The van der Waals surface area contributed by atoms with Gasteiger partial charge in [-0.15, -0.1) is 0 Å². The molecule has 7 nitrogen and oxygen atoms in total. The number of unbranched alkanes of at least 4 members (excludes halogenated alkanes) is 1. The molecule has 0 radical (unpaired) electrons. The summed E-state index contributed by atoms with van der Waals surface area (Å²) < 4.78 is 0. The van der Waals surface area contributed by atoms with Crippen molar-refractivity contribution in [3.63, 3.8) is 0 Å². The SMILES string of the molecule is Cc1cc(C)cc(C(=O)N(C)CCCCN2CCN(c3ccccc3CN=CNN)CC2)c1. The summed E-state index contributed by atoms with van der Waals surface area (Å²) >= 11 is 0. The average Bonchev–Trinajstić information content (AvgIpc) is 2.81. The summed E-state index contributed by atoms with van der Waals surface area (Å²) in [4.78, 5) is 23.9. The molecule has 178 valence electrons. The first kappa shape index (κ1) is 24.7. The summed E-state index contributed by atoms with van der Waals surface area (Å²) in [5.41, 5.74) is 7.99. The number of piperazine rings is 1. The van der Waals surface area contributed by atoms with E-state index in [4.69, 9.17) is 5.84 Å². The topological polar surface area (TPSA) is 77.2 Å². The number of nitrogens with two attached hydrogens (primary N) is 1. The molecule has 2 aromatic rings. The van der Waals surface area contributed by atoms with Crippen molar-refractivity contribution in [3.05, 3.63) is 64.7 Å². The Bertz CT molecular complexity index is 916. The van der Waals surface area contributed by atoms with Gasteiger partial charge in [0.05, 0.1) is 12.9 Å².